The van der Waals surface area contributed by atoms with Crippen LogP contribution in [0.2, 0.25) is 5.02 Å². The fourth-order valence-corrected chi connectivity index (χ4v) is 4.34. The average Bonchev–Trinajstić information content (AvgIpc) is 3.28. The van der Waals surface area contributed by atoms with Gasteiger partial charge in [-0.25, -0.2) is 4.98 Å². The Balaban J connectivity index is 1.65. The summed E-state index contributed by atoms with van der Waals surface area (Å²) >= 11 is 8.98. The minimum atomic E-state index is 0.169. The molecule has 7 heteroatoms. The molecule has 0 saturated carbocycles. The van der Waals surface area contributed by atoms with Crippen LogP contribution in [0.4, 0.5) is 5.69 Å². The molecule has 1 aliphatic heterocycles. The molecule has 2 N–H and O–H groups in total. The maximum absolute atomic E-state index is 10.4. The molecule has 0 aliphatic carbocycles. The summed E-state index contributed by atoms with van der Waals surface area (Å²) in [6.07, 6.45) is 0. The fraction of sp³-hybridized carbons (Fsp3) is 0.0588. The van der Waals surface area contributed by atoms with E-state index in [1.54, 1.807) is 28.4 Å². The fourth-order valence-electron chi connectivity index (χ4n) is 2.57. The van der Waals surface area contributed by atoms with Gasteiger partial charge in [-0.1, -0.05) is 17.7 Å². The molecule has 0 spiro atoms. The van der Waals surface area contributed by atoms with Crippen molar-refractivity contribution in [3.8, 4) is 10.6 Å². The second-order valence-electron chi connectivity index (χ2n) is 5.25. The summed E-state index contributed by atoms with van der Waals surface area (Å²) in [4.78, 5) is 7.42. The van der Waals surface area contributed by atoms with Crippen molar-refractivity contribution >= 4 is 51.4 Å². The predicted molar refractivity (Wildman–Crippen MR) is 102 cm³/mol. The number of thiazole rings is 1. The first-order valence-corrected chi connectivity index (χ1v) is 9.31. The number of aromatic nitrogens is 1. The molecule has 2 aromatic heterocycles. The zero-order valence-corrected chi connectivity index (χ0v) is 14.8. The highest BCUT2D eigenvalue weighted by molar-refractivity contribution is 7.14. The Hall–Kier alpha value is -2.15. The highest BCUT2D eigenvalue weighted by atomic mass is 35.5. The van der Waals surface area contributed by atoms with Gasteiger partial charge in [0.15, 0.2) is 0 Å². The number of rotatable bonds is 3. The highest BCUT2D eigenvalue weighted by Crippen LogP contribution is 2.35. The van der Waals surface area contributed by atoms with Crippen molar-refractivity contribution < 1.29 is 5.11 Å². The van der Waals surface area contributed by atoms with Gasteiger partial charge >= 0.3 is 0 Å². The smallest absolute Gasteiger partial charge is 0.139 e. The number of thiophene rings is 1. The molecule has 0 fully saturated rings. The molecule has 0 saturated heterocycles. The number of hydrogen-bond acceptors (Lipinski definition) is 5. The van der Waals surface area contributed by atoms with Gasteiger partial charge in [0.1, 0.15) is 16.6 Å². The second kappa shape index (κ2) is 6.05. The van der Waals surface area contributed by atoms with Crippen molar-refractivity contribution in [3.63, 3.8) is 0 Å². The van der Waals surface area contributed by atoms with Crippen LogP contribution in [0.25, 0.3) is 16.1 Å². The molecule has 1 aromatic carbocycles. The Kier molecular flexibility index (Phi) is 3.88. The molecular formula is C17H12ClN3OS2. The topological polar surface area (TPSA) is 60.2 Å². The third kappa shape index (κ3) is 2.62. The van der Waals surface area contributed by atoms with E-state index in [-0.39, 0.29) is 18.1 Å². The van der Waals surface area contributed by atoms with Crippen molar-refractivity contribution in [3.05, 3.63) is 62.9 Å². The monoisotopic (exact) mass is 373 g/mol. The van der Waals surface area contributed by atoms with Gasteiger partial charge in [-0.15, -0.1) is 22.7 Å². The second-order valence-corrected chi connectivity index (χ2v) is 7.49. The Bertz CT molecular complexity index is 929. The molecule has 1 aliphatic rings. The van der Waals surface area contributed by atoms with Crippen LogP contribution in [-0.2, 0) is 0 Å². The summed E-state index contributed by atoms with van der Waals surface area (Å²) in [6, 6.07) is 11.2. The van der Waals surface area contributed by atoms with Crippen molar-refractivity contribution in [2.45, 2.75) is 0 Å². The van der Waals surface area contributed by atoms with Gasteiger partial charge in [0.05, 0.1) is 22.7 Å². The van der Waals surface area contributed by atoms with Crippen molar-refractivity contribution in [2.75, 3.05) is 11.4 Å². The molecule has 4 rings (SSSR count). The number of halogens is 1. The number of benzene rings is 1. The van der Waals surface area contributed by atoms with Crippen LogP contribution in [0, 0.1) is 5.41 Å². The summed E-state index contributed by atoms with van der Waals surface area (Å²) in [5.41, 5.74) is 2.20. The Morgan fingerprint density at radius 3 is 2.67 bits per heavy atom. The summed E-state index contributed by atoms with van der Waals surface area (Å²) in [7, 11) is 0. The van der Waals surface area contributed by atoms with Crippen molar-refractivity contribution in [1.29, 1.82) is 5.41 Å². The van der Waals surface area contributed by atoms with Gasteiger partial charge in [-0.05, 0) is 35.7 Å². The zero-order chi connectivity index (χ0) is 16.7. The first-order valence-electron chi connectivity index (χ1n) is 7.17. The van der Waals surface area contributed by atoms with E-state index in [1.807, 2.05) is 35.0 Å². The normalized spacial score (nSPS) is 14.7. The van der Waals surface area contributed by atoms with Crippen LogP contribution < -0.4 is 4.90 Å². The van der Waals surface area contributed by atoms with Crippen LogP contribution in [-0.4, -0.2) is 22.5 Å². The van der Waals surface area contributed by atoms with Crippen LogP contribution in [0.3, 0.4) is 0 Å². The van der Waals surface area contributed by atoms with Gasteiger partial charge in [0.25, 0.3) is 0 Å². The number of hydrogen-bond donors (Lipinski definition) is 2. The van der Waals surface area contributed by atoms with Gasteiger partial charge in [-0.3, -0.25) is 5.41 Å². The molecule has 24 heavy (non-hydrogen) atoms. The molecule has 3 heterocycles. The summed E-state index contributed by atoms with van der Waals surface area (Å²) in [5.74, 6) is 0.420. The summed E-state index contributed by atoms with van der Waals surface area (Å²) in [6.45, 7) is 0.268. The van der Waals surface area contributed by atoms with Gasteiger partial charge < -0.3 is 10.0 Å². The minimum Gasteiger partial charge on any atom is -0.510 e. The first kappa shape index (κ1) is 15.4. The Morgan fingerprint density at radius 1 is 1.17 bits per heavy atom. The largest absolute Gasteiger partial charge is 0.510 e. The number of nitrogens with one attached hydrogen (secondary N) is 1. The van der Waals surface area contributed by atoms with E-state index < -0.39 is 0 Å². The maximum Gasteiger partial charge on any atom is 0.139 e. The maximum atomic E-state index is 10.4. The lowest BCUT2D eigenvalue weighted by Gasteiger charge is -2.18. The lowest BCUT2D eigenvalue weighted by molar-refractivity contribution is 0.411. The van der Waals surface area contributed by atoms with Gasteiger partial charge in [-0.2, -0.15) is 0 Å². The molecule has 0 radical (unpaired) electrons. The molecule has 3 aromatic rings. The minimum absolute atomic E-state index is 0.169. The lowest BCUT2D eigenvalue weighted by atomic mass is 10.2. The predicted octanol–water partition coefficient (Wildman–Crippen LogP) is 5.29. The molecule has 0 unspecified atom stereocenters. The summed E-state index contributed by atoms with van der Waals surface area (Å²) in [5, 5.41) is 24.1. The molecule has 0 bridgehead atoms. The number of amidine groups is 1. The van der Waals surface area contributed by atoms with Gasteiger partial charge in [0, 0.05) is 16.1 Å². The number of aliphatic hydroxyl groups excluding tert-OH is 1. The third-order valence-corrected chi connectivity index (χ3v) is 5.74. The first-order chi connectivity index (χ1) is 11.6. The standard InChI is InChI=1S/C17H12ClN3OS2/c18-10-3-5-11(6-4-10)21-8-13(22)15(16(21)19)17-20-12(9-24-17)14-2-1-7-23-14/h1-7,9,19,22H,8H2. The van der Waals surface area contributed by atoms with E-state index in [1.165, 1.54) is 11.3 Å². The van der Waals surface area contributed by atoms with E-state index in [2.05, 4.69) is 4.98 Å². The Morgan fingerprint density at radius 2 is 1.96 bits per heavy atom. The molecule has 0 atom stereocenters. The average molecular weight is 374 g/mol. The third-order valence-electron chi connectivity index (χ3n) is 3.73. The molecule has 120 valence electrons. The van der Waals surface area contributed by atoms with E-state index in [4.69, 9.17) is 17.0 Å². The van der Waals surface area contributed by atoms with E-state index in [0.29, 0.717) is 15.6 Å². The molecular weight excluding hydrogens is 362 g/mol. The quantitative estimate of drug-likeness (QED) is 0.655. The Labute approximate surface area is 151 Å². The SMILES string of the molecule is N=C1C(c2nc(-c3cccs3)cs2)=C(O)CN1c1ccc(Cl)cc1. The lowest BCUT2D eigenvalue weighted by Crippen LogP contribution is -2.25. The van der Waals surface area contributed by atoms with E-state index in [9.17, 15) is 5.11 Å². The zero-order valence-electron chi connectivity index (χ0n) is 12.4. The van der Waals surface area contributed by atoms with Crippen LogP contribution in [0.5, 0.6) is 0 Å². The molecule has 0 amide bonds. The van der Waals surface area contributed by atoms with Crippen LogP contribution in [0.1, 0.15) is 5.01 Å². The van der Waals surface area contributed by atoms with E-state index >= 15 is 0 Å². The number of anilines is 1. The highest BCUT2D eigenvalue weighted by Gasteiger charge is 2.31. The summed E-state index contributed by atoms with van der Waals surface area (Å²) < 4.78 is 0. The van der Waals surface area contributed by atoms with Crippen molar-refractivity contribution in [1.82, 2.24) is 4.98 Å². The number of nitrogens with zero attached hydrogens (tertiary/aromatic N) is 2. The number of aliphatic hydroxyl groups is 1. The van der Waals surface area contributed by atoms with Crippen LogP contribution in [0.15, 0.2) is 52.9 Å². The molecule has 4 nitrogen and oxygen atoms in total. The van der Waals surface area contributed by atoms with E-state index in [0.717, 1.165) is 16.3 Å². The van der Waals surface area contributed by atoms with Crippen LogP contribution >= 0.6 is 34.3 Å². The van der Waals surface area contributed by atoms with Crippen molar-refractivity contribution in [2.24, 2.45) is 0 Å². The van der Waals surface area contributed by atoms with Gasteiger partial charge in [0.2, 0.25) is 0 Å².